The van der Waals surface area contributed by atoms with E-state index in [4.69, 9.17) is 4.42 Å². The molecule has 18 heavy (non-hydrogen) atoms. The molecule has 3 rings (SSSR count). The van der Waals surface area contributed by atoms with Gasteiger partial charge in [-0.15, -0.1) is 0 Å². The normalized spacial score (nSPS) is 10.9. The number of ketones is 1. The number of aryl methyl sites for hydroxylation is 1. The van der Waals surface area contributed by atoms with Gasteiger partial charge in [-0.1, -0.05) is 18.2 Å². The Morgan fingerprint density at radius 3 is 2.94 bits per heavy atom. The number of carbonyl (C=O) groups is 1. The van der Waals surface area contributed by atoms with Crippen molar-refractivity contribution < 1.29 is 9.21 Å². The summed E-state index contributed by atoms with van der Waals surface area (Å²) < 4.78 is 6.72. The van der Waals surface area contributed by atoms with E-state index in [9.17, 15) is 4.79 Å². The van der Waals surface area contributed by atoms with Gasteiger partial charge < -0.3 is 4.42 Å². The lowest BCUT2D eigenvalue weighted by atomic mass is 10.1. The first-order valence-corrected chi connectivity index (χ1v) is 5.72. The second-order valence-electron chi connectivity index (χ2n) is 4.20. The van der Waals surface area contributed by atoms with Gasteiger partial charge in [0.05, 0.1) is 29.5 Å². The molecule has 0 aliphatic heterocycles. The van der Waals surface area contributed by atoms with E-state index in [1.807, 2.05) is 31.3 Å². The first-order chi connectivity index (χ1) is 8.75. The van der Waals surface area contributed by atoms with E-state index in [1.54, 1.807) is 10.7 Å². The number of Topliss-reactive ketones (excluding diaryl/α,β-unsaturated/α-hetero) is 1. The van der Waals surface area contributed by atoms with Crippen LogP contribution in [0.15, 0.2) is 47.3 Å². The Morgan fingerprint density at radius 2 is 2.17 bits per heavy atom. The van der Waals surface area contributed by atoms with Crippen molar-refractivity contribution in [1.82, 2.24) is 9.78 Å². The molecule has 0 spiro atoms. The molecule has 0 N–H and O–H groups in total. The predicted molar refractivity (Wildman–Crippen MR) is 67.5 cm³/mol. The maximum absolute atomic E-state index is 12.0. The van der Waals surface area contributed by atoms with Gasteiger partial charge in [-0.3, -0.25) is 9.48 Å². The van der Waals surface area contributed by atoms with Gasteiger partial charge in [0, 0.05) is 12.4 Å². The molecule has 0 radical (unpaired) electrons. The monoisotopic (exact) mass is 240 g/mol. The van der Waals surface area contributed by atoms with E-state index in [-0.39, 0.29) is 5.78 Å². The van der Waals surface area contributed by atoms with E-state index in [1.165, 1.54) is 12.5 Å². The molecule has 4 heteroatoms. The van der Waals surface area contributed by atoms with E-state index < -0.39 is 0 Å². The Bertz CT molecular complexity index is 696. The van der Waals surface area contributed by atoms with Crippen LogP contribution in [0.1, 0.15) is 16.1 Å². The molecular formula is C14H12N2O2. The van der Waals surface area contributed by atoms with Crippen molar-refractivity contribution in [2.45, 2.75) is 6.42 Å². The molecule has 3 aromatic rings. The summed E-state index contributed by atoms with van der Waals surface area (Å²) in [7, 11) is 1.88. The lowest BCUT2D eigenvalue weighted by Crippen LogP contribution is -2.03. The highest BCUT2D eigenvalue weighted by atomic mass is 16.3. The minimum absolute atomic E-state index is 0.0209. The molecule has 90 valence electrons. The number of fused-ring (bicyclic) bond motifs is 1. The zero-order valence-corrected chi connectivity index (χ0v) is 9.96. The first-order valence-electron chi connectivity index (χ1n) is 5.72. The maximum Gasteiger partial charge on any atom is 0.172 e. The number of hydrogen-bond acceptors (Lipinski definition) is 3. The average molecular weight is 240 g/mol. The van der Waals surface area contributed by atoms with Crippen molar-refractivity contribution in [1.29, 1.82) is 0 Å². The molecule has 0 aliphatic rings. The average Bonchev–Trinajstić information content (AvgIpc) is 3.00. The van der Waals surface area contributed by atoms with E-state index in [0.29, 0.717) is 12.0 Å². The summed E-state index contributed by atoms with van der Waals surface area (Å²) in [4.78, 5) is 12.0. The van der Waals surface area contributed by atoms with E-state index in [2.05, 4.69) is 5.10 Å². The van der Waals surface area contributed by atoms with Gasteiger partial charge in [0.1, 0.15) is 6.26 Å². The van der Waals surface area contributed by atoms with Crippen LogP contribution in [-0.4, -0.2) is 15.6 Å². The van der Waals surface area contributed by atoms with Crippen molar-refractivity contribution in [3.8, 4) is 0 Å². The Balaban J connectivity index is 1.98. The third-order valence-electron chi connectivity index (χ3n) is 3.01. The van der Waals surface area contributed by atoms with Gasteiger partial charge in [0.2, 0.25) is 0 Å². The van der Waals surface area contributed by atoms with Crippen LogP contribution in [0.4, 0.5) is 0 Å². The van der Waals surface area contributed by atoms with Crippen LogP contribution in [0, 0.1) is 0 Å². The quantitative estimate of drug-likeness (QED) is 0.661. The molecule has 0 amide bonds. The molecule has 2 heterocycles. The second kappa shape index (κ2) is 4.14. The first kappa shape index (κ1) is 10.8. The molecule has 2 aromatic heterocycles. The second-order valence-corrected chi connectivity index (χ2v) is 4.20. The molecule has 1 aromatic carbocycles. The maximum atomic E-state index is 12.0. The van der Waals surface area contributed by atoms with Crippen LogP contribution >= 0.6 is 0 Å². The Hall–Kier alpha value is -2.36. The molecule has 0 atom stereocenters. The van der Waals surface area contributed by atoms with Gasteiger partial charge in [-0.25, -0.2) is 0 Å². The number of benzene rings is 1. The number of furan rings is 1. The fraction of sp³-hybridized carbons (Fsp3) is 0.143. The highest BCUT2D eigenvalue weighted by Gasteiger charge is 2.14. The summed E-state index contributed by atoms with van der Waals surface area (Å²) in [5.41, 5.74) is 2.43. The van der Waals surface area contributed by atoms with Crippen molar-refractivity contribution in [3.63, 3.8) is 0 Å². The Kier molecular flexibility index (Phi) is 2.48. The van der Waals surface area contributed by atoms with Crippen LogP contribution in [0.3, 0.4) is 0 Å². The highest BCUT2D eigenvalue weighted by Crippen LogP contribution is 2.19. The Labute approximate surface area is 104 Å². The van der Waals surface area contributed by atoms with Crippen LogP contribution in [0.25, 0.3) is 10.9 Å². The van der Waals surface area contributed by atoms with E-state index in [0.717, 1.165) is 16.6 Å². The third-order valence-corrected chi connectivity index (χ3v) is 3.01. The fourth-order valence-electron chi connectivity index (χ4n) is 2.10. The van der Waals surface area contributed by atoms with Crippen LogP contribution < -0.4 is 0 Å². The zero-order chi connectivity index (χ0) is 12.5. The summed E-state index contributed by atoms with van der Waals surface area (Å²) in [6.45, 7) is 0. The summed E-state index contributed by atoms with van der Waals surface area (Å²) in [5, 5.41) is 5.43. The molecule has 0 bridgehead atoms. The number of hydrogen-bond donors (Lipinski definition) is 0. The molecule has 0 fully saturated rings. The Morgan fingerprint density at radius 1 is 1.33 bits per heavy atom. The van der Waals surface area contributed by atoms with Crippen molar-refractivity contribution in [2.24, 2.45) is 7.05 Å². The SMILES string of the molecule is Cn1nc(CC(=O)c2ccoc2)c2ccccc21. The zero-order valence-electron chi connectivity index (χ0n) is 9.96. The third kappa shape index (κ3) is 1.72. The molecule has 0 saturated carbocycles. The molecule has 0 aliphatic carbocycles. The predicted octanol–water partition coefficient (Wildman–Crippen LogP) is 2.59. The minimum atomic E-state index is 0.0209. The number of rotatable bonds is 3. The molecule has 0 unspecified atom stereocenters. The van der Waals surface area contributed by atoms with Gasteiger partial charge in [-0.2, -0.15) is 5.10 Å². The number of aromatic nitrogens is 2. The molecule has 0 saturated heterocycles. The van der Waals surface area contributed by atoms with Crippen LogP contribution in [-0.2, 0) is 13.5 Å². The number of para-hydroxylation sites is 1. The minimum Gasteiger partial charge on any atom is -0.472 e. The van der Waals surface area contributed by atoms with Crippen molar-refractivity contribution in [3.05, 3.63) is 54.1 Å². The molecule has 4 nitrogen and oxygen atoms in total. The summed E-state index contributed by atoms with van der Waals surface area (Å²) in [6.07, 6.45) is 3.26. The summed E-state index contributed by atoms with van der Waals surface area (Å²) in [5.74, 6) is 0.0209. The summed E-state index contributed by atoms with van der Waals surface area (Å²) >= 11 is 0. The van der Waals surface area contributed by atoms with Gasteiger partial charge in [0.15, 0.2) is 5.78 Å². The number of carbonyl (C=O) groups excluding carboxylic acids is 1. The van der Waals surface area contributed by atoms with Crippen LogP contribution in [0.5, 0.6) is 0 Å². The van der Waals surface area contributed by atoms with E-state index >= 15 is 0 Å². The fourth-order valence-corrected chi connectivity index (χ4v) is 2.10. The van der Waals surface area contributed by atoms with Gasteiger partial charge in [0.25, 0.3) is 0 Å². The summed E-state index contributed by atoms with van der Waals surface area (Å²) in [6, 6.07) is 9.57. The standard InChI is InChI=1S/C14H12N2O2/c1-16-13-5-3-2-4-11(13)12(15-16)8-14(17)10-6-7-18-9-10/h2-7,9H,8H2,1H3. The van der Waals surface area contributed by atoms with Crippen molar-refractivity contribution >= 4 is 16.7 Å². The largest absolute Gasteiger partial charge is 0.472 e. The lowest BCUT2D eigenvalue weighted by Gasteiger charge is -1.95. The van der Waals surface area contributed by atoms with Crippen LogP contribution in [0.2, 0.25) is 0 Å². The van der Waals surface area contributed by atoms with Gasteiger partial charge in [-0.05, 0) is 12.1 Å². The van der Waals surface area contributed by atoms with Crippen molar-refractivity contribution in [2.75, 3.05) is 0 Å². The topological polar surface area (TPSA) is 48.0 Å². The highest BCUT2D eigenvalue weighted by molar-refractivity contribution is 5.99. The number of nitrogens with zero attached hydrogens (tertiary/aromatic N) is 2. The lowest BCUT2D eigenvalue weighted by molar-refractivity contribution is 0.0991. The van der Waals surface area contributed by atoms with Gasteiger partial charge >= 0.3 is 0 Å². The molecular weight excluding hydrogens is 228 g/mol. The smallest absolute Gasteiger partial charge is 0.172 e.